The molecule has 0 unspecified atom stereocenters. The van der Waals surface area contributed by atoms with Crippen LogP contribution in [0.5, 0.6) is 0 Å². The molecule has 0 fully saturated rings. The maximum absolute atomic E-state index is 13.4. The van der Waals surface area contributed by atoms with Crippen molar-refractivity contribution in [2.24, 2.45) is 0 Å². The summed E-state index contributed by atoms with van der Waals surface area (Å²) < 4.78 is 28.0. The van der Waals surface area contributed by atoms with E-state index >= 15 is 0 Å². The van der Waals surface area contributed by atoms with Crippen molar-refractivity contribution in [2.75, 3.05) is 10.8 Å². The van der Waals surface area contributed by atoms with Gasteiger partial charge in [-0.15, -0.1) is 11.3 Å². The number of aryl methyl sites for hydroxylation is 2. The molecule has 3 rings (SSSR count). The van der Waals surface area contributed by atoms with Crippen molar-refractivity contribution in [1.29, 1.82) is 0 Å². The van der Waals surface area contributed by atoms with E-state index in [0.717, 1.165) is 21.7 Å². The normalized spacial score (nSPS) is 11.3. The Hall–Kier alpha value is -2.71. The van der Waals surface area contributed by atoms with Crippen LogP contribution in [-0.2, 0) is 21.4 Å². The van der Waals surface area contributed by atoms with Gasteiger partial charge in [-0.2, -0.15) is 0 Å². The van der Waals surface area contributed by atoms with Crippen LogP contribution in [0.25, 0.3) is 0 Å². The van der Waals surface area contributed by atoms with Gasteiger partial charge in [-0.05, 0) is 50.1 Å². The Kier molecular flexibility index (Phi) is 6.34. The van der Waals surface area contributed by atoms with Gasteiger partial charge in [0, 0.05) is 11.6 Å². The number of nitrogens with one attached hydrogen (secondary N) is 1. The maximum Gasteiger partial charge on any atom is 0.264 e. The monoisotopic (exact) mass is 429 g/mol. The molecule has 1 N–H and O–H groups in total. The van der Waals surface area contributed by atoms with Gasteiger partial charge in [-0.25, -0.2) is 13.4 Å². The van der Waals surface area contributed by atoms with E-state index < -0.39 is 15.9 Å². The Morgan fingerprint density at radius 3 is 2.48 bits per heavy atom. The lowest BCUT2D eigenvalue weighted by Crippen LogP contribution is -2.41. The fourth-order valence-electron chi connectivity index (χ4n) is 2.84. The standard InChI is InChI=1S/C21H23N3O3S2/c1-15-7-9-18(10-8-15)29(26,27)24(19-6-4-5-16(2)17(19)3)14-20(25)23-13-21-22-11-12-28-21/h4-12H,13-14H2,1-3H3,(H,23,25). The number of sulfonamides is 1. The van der Waals surface area contributed by atoms with E-state index in [2.05, 4.69) is 10.3 Å². The van der Waals surface area contributed by atoms with Gasteiger partial charge in [-0.1, -0.05) is 29.8 Å². The number of benzene rings is 2. The summed E-state index contributed by atoms with van der Waals surface area (Å²) in [5.74, 6) is -0.392. The van der Waals surface area contributed by atoms with Crippen LogP contribution >= 0.6 is 11.3 Å². The molecule has 0 aliphatic heterocycles. The first-order valence-corrected chi connectivity index (χ1v) is 11.4. The number of aromatic nitrogens is 1. The first-order valence-electron chi connectivity index (χ1n) is 9.10. The van der Waals surface area contributed by atoms with Crippen LogP contribution in [0.15, 0.2) is 58.9 Å². The lowest BCUT2D eigenvalue weighted by atomic mass is 10.1. The molecule has 1 amide bonds. The molecule has 6 nitrogen and oxygen atoms in total. The van der Waals surface area contributed by atoms with E-state index in [1.54, 1.807) is 42.6 Å². The molecule has 3 aromatic rings. The number of rotatable bonds is 7. The van der Waals surface area contributed by atoms with Gasteiger partial charge in [0.05, 0.1) is 17.1 Å². The third-order valence-corrected chi connectivity index (χ3v) is 7.21. The van der Waals surface area contributed by atoms with E-state index in [1.165, 1.54) is 15.6 Å². The van der Waals surface area contributed by atoms with Crippen LogP contribution in [0.1, 0.15) is 21.7 Å². The molecule has 0 radical (unpaired) electrons. The second-order valence-corrected chi connectivity index (χ2v) is 9.59. The van der Waals surface area contributed by atoms with Crippen LogP contribution < -0.4 is 9.62 Å². The average Bonchev–Trinajstić information content (AvgIpc) is 3.21. The molecule has 0 bridgehead atoms. The first kappa shape index (κ1) is 21.0. The number of hydrogen-bond donors (Lipinski definition) is 1. The number of nitrogens with zero attached hydrogens (tertiary/aromatic N) is 2. The summed E-state index contributed by atoms with van der Waals surface area (Å²) in [6.45, 7) is 5.62. The molecule has 0 saturated heterocycles. The summed E-state index contributed by atoms with van der Waals surface area (Å²) in [6.07, 6.45) is 1.66. The van der Waals surface area contributed by atoms with E-state index in [0.29, 0.717) is 5.69 Å². The maximum atomic E-state index is 13.4. The topological polar surface area (TPSA) is 79.4 Å². The van der Waals surface area contributed by atoms with Crippen molar-refractivity contribution < 1.29 is 13.2 Å². The highest BCUT2D eigenvalue weighted by Gasteiger charge is 2.28. The van der Waals surface area contributed by atoms with Gasteiger partial charge in [0.2, 0.25) is 5.91 Å². The first-order chi connectivity index (χ1) is 13.8. The van der Waals surface area contributed by atoms with Crippen molar-refractivity contribution in [3.8, 4) is 0 Å². The predicted molar refractivity (Wildman–Crippen MR) is 116 cm³/mol. The van der Waals surface area contributed by atoms with E-state index in [1.807, 2.05) is 32.2 Å². The molecule has 29 heavy (non-hydrogen) atoms. The molecular weight excluding hydrogens is 406 g/mol. The number of hydrogen-bond acceptors (Lipinski definition) is 5. The zero-order valence-electron chi connectivity index (χ0n) is 16.5. The third kappa shape index (κ3) is 4.83. The second kappa shape index (κ2) is 8.75. The van der Waals surface area contributed by atoms with Gasteiger partial charge in [0.1, 0.15) is 11.6 Å². The Bertz CT molecular complexity index is 1090. The minimum atomic E-state index is -3.92. The molecule has 0 aliphatic rings. The Labute approximate surface area is 175 Å². The summed E-state index contributed by atoms with van der Waals surface area (Å²) in [5.41, 5.74) is 3.23. The number of anilines is 1. The van der Waals surface area contributed by atoms with Crippen LogP contribution in [0.3, 0.4) is 0 Å². The highest BCUT2D eigenvalue weighted by molar-refractivity contribution is 7.92. The number of carbonyl (C=O) groups is 1. The molecule has 2 aromatic carbocycles. The van der Waals surface area contributed by atoms with Crippen molar-refractivity contribution >= 4 is 33.0 Å². The van der Waals surface area contributed by atoms with Gasteiger partial charge >= 0.3 is 0 Å². The molecule has 1 aromatic heterocycles. The molecule has 0 aliphatic carbocycles. The van der Waals surface area contributed by atoms with Gasteiger partial charge in [0.25, 0.3) is 10.0 Å². The van der Waals surface area contributed by atoms with Crippen LogP contribution in [-0.4, -0.2) is 25.9 Å². The smallest absolute Gasteiger partial charge is 0.264 e. The summed E-state index contributed by atoms with van der Waals surface area (Å²) in [5, 5.41) is 5.34. The summed E-state index contributed by atoms with van der Waals surface area (Å²) in [4.78, 5) is 16.9. The molecule has 8 heteroatoms. The van der Waals surface area contributed by atoms with E-state index in [9.17, 15) is 13.2 Å². The summed E-state index contributed by atoms with van der Waals surface area (Å²) in [7, 11) is -3.92. The van der Waals surface area contributed by atoms with E-state index in [4.69, 9.17) is 0 Å². The van der Waals surface area contributed by atoms with Gasteiger partial charge < -0.3 is 5.32 Å². The molecule has 152 valence electrons. The predicted octanol–water partition coefficient (Wildman–Crippen LogP) is 3.58. The van der Waals surface area contributed by atoms with E-state index in [-0.39, 0.29) is 18.0 Å². The van der Waals surface area contributed by atoms with Crippen molar-refractivity contribution in [3.05, 3.63) is 75.7 Å². The largest absolute Gasteiger partial charge is 0.348 e. The lowest BCUT2D eigenvalue weighted by molar-refractivity contribution is -0.119. The molecule has 1 heterocycles. The molecular formula is C21H23N3O3S2. The Balaban J connectivity index is 1.94. The molecule has 0 saturated carbocycles. The summed E-state index contributed by atoms with van der Waals surface area (Å²) in [6, 6.07) is 12.1. The number of carbonyl (C=O) groups excluding carboxylic acids is 1. The van der Waals surface area contributed by atoms with Crippen LogP contribution in [0, 0.1) is 20.8 Å². The van der Waals surface area contributed by atoms with Crippen molar-refractivity contribution in [2.45, 2.75) is 32.2 Å². The quantitative estimate of drug-likeness (QED) is 0.623. The molecule has 0 spiro atoms. The Morgan fingerprint density at radius 2 is 1.83 bits per heavy atom. The highest BCUT2D eigenvalue weighted by atomic mass is 32.2. The van der Waals surface area contributed by atoms with Crippen LogP contribution in [0.2, 0.25) is 0 Å². The minimum Gasteiger partial charge on any atom is -0.348 e. The van der Waals surface area contributed by atoms with Crippen molar-refractivity contribution in [3.63, 3.8) is 0 Å². The second-order valence-electron chi connectivity index (χ2n) is 6.75. The Morgan fingerprint density at radius 1 is 1.10 bits per heavy atom. The number of thiazole rings is 1. The summed E-state index contributed by atoms with van der Waals surface area (Å²) >= 11 is 1.43. The van der Waals surface area contributed by atoms with Gasteiger partial charge in [0.15, 0.2) is 0 Å². The minimum absolute atomic E-state index is 0.150. The zero-order chi connectivity index (χ0) is 21.0. The van der Waals surface area contributed by atoms with Gasteiger partial charge in [-0.3, -0.25) is 9.10 Å². The average molecular weight is 430 g/mol. The molecule has 0 atom stereocenters. The van der Waals surface area contributed by atoms with Crippen LogP contribution in [0.4, 0.5) is 5.69 Å². The fraction of sp³-hybridized carbons (Fsp3) is 0.238. The van der Waals surface area contributed by atoms with Crippen molar-refractivity contribution in [1.82, 2.24) is 10.3 Å². The fourth-order valence-corrected chi connectivity index (χ4v) is 4.88. The highest BCUT2D eigenvalue weighted by Crippen LogP contribution is 2.28. The zero-order valence-corrected chi connectivity index (χ0v) is 18.2. The SMILES string of the molecule is Cc1ccc(S(=O)(=O)N(CC(=O)NCc2nccs2)c2cccc(C)c2C)cc1. The third-order valence-electron chi connectivity index (χ3n) is 4.66. The lowest BCUT2D eigenvalue weighted by Gasteiger charge is -2.26. The number of amides is 1.